The summed E-state index contributed by atoms with van der Waals surface area (Å²) in [5.74, 6) is 2.23. The van der Waals surface area contributed by atoms with Crippen LogP contribution in [0.1, 0.15) is 49.1 Å². The van der Waals surface area contributed by atoms with Crippen LogP contribution >= 0.6 is 0 Å². The molecule has 3 rings (SSSR count). The normalized spacial score (nSPS) is 11.1. The highest BCUT2D eigenvalue weighted by molar-refractivity contribution is 5.58. The van der Waals surface area contributed by atoms with Gasteiger partial charge in [-0.15, -0.1) is 0 Å². The van der Waals surface area contributed by atoms with Crippen molar-refractivity contribution >= 4 is 0 Å². The van der Waals surface area contributed by atoms with Crippen molar-refractivity contribution in [2.45, 2.75) is 53.9 Å². The molecule has 2 heterocycles. The minimum atomic E-state index is 0.605. The predicted molar refractivity (Wildman–Crippen MR) is 105 cm³/mol. The monoisotopic (exact) mass is 352 g/mol. The lowest BCUT2D eigenvalue weighted by Crippen LogP contribution is -2.07. The Morgan fingerprint density at radius 3 is 2.42 bits per heavy atom. The first kappa shape index (κ1) is 18.2. The second-order valence-corrected chi connectivity index (χ2v) is 6.79. The molecular weight excluding hydrogens is 324 g/mol. The quantitative estimate of drug-likeness (QED) is 0.656. The summed E-state index contributed by atoms with van der Waals surface area (Å²) in [4.78, 5) is 12.4. The number of imidazole rings is 2. The van der Waals surface area contributed by atoms with Crippen molar-refractivity contribution in [2.24, 2.45) is 0 Å². The summed E-state index contributed by atoms with van der Waals surface area (Å²) in [5, 5.41) is 0. The summed E-state index contributed by atoms with van der Waals surface area (Å²) >= 11 is 0. The van der Waals surface area contributed by atoms with E-state index in [2.05, 4.69) is 54.4 Å². The van der Waals surface area contributed by atoms with Crippen molar-refractivity contribution in [3.05, 3.63) is 46.9 Å². The molecule has 5 nitrogen and oxygen atoms in total. The maximum atomic E-state index is 5.53. The molecule has 0 unspecified atom stereocenters. The first-order chi connectivity index (χ1) is 12.5. The number of unbranched alkanes of at least 4 members (excludes halogenated alkanes) is 1. The van der Waals surface area contributed by atoms with Crippen LogP contribution in [0.2, 0.25) is 0 Å². The summed E-state index contributed by atoms with van der Waals surface area (Å²) in [7, 11) is 0. The van der Waals surface area contributed by atoms with Crippen LogP contribution < -0.4 is 4.74 Å². The average molecular weight is 352 g/mol. The molecular formula is C21H28N4O. The Balaban J connectivity index is 2.16. The van der Waals surface area contributed by atoms with E-state index in [4.69, 9.17) is 9.72 Å². The average Bonchev–Trinajstić information content (AvgIpc) is 3.19. The number of aromatic amines is 1. The van der Waals surface area contributed by atoms with Gasteiger partial charge in [0.15, 0.2) is 11.6 Å². The third-order valence-electron chi connectivity index (χ3n) is 4.54. The Labute approximate surface area is 155 Å². The molecule has 138 valence electrons. The second kappa shape index (κ2) is 7.77. The van der Waals surface area contributed by atoms with Gasteiger partial charge in [0.1, 0.15) is 0 Å². The van der Waals surface area contributed by atoms with Crippen molar-refractivity contribution < 1.29 is 4.74 Å². The second-order valence-electron chi connectivity index (χ2n) is 6.79. The number of ether oxygens (including phenoxy) is 1. The number of nitrogens with one attached hydrogen (secondary N) is 1. The first-order valence-corrected chi connectivity index (χ1v) is 9.38. The summed E-state index contributed by atoms with van der Waals surface area (Å²) in [5.41, 5.74) is 6.18. The van der Waals surface area contributed by atoms with E-state index in [1.165, 1.54) is 28.1 Å². The van der Waals surface area contributed by atoms with Crippen LogP contribution in [0.3, 0.4) is 0 Å². The van der Waals surface area contributed by atoms with Gasteiger partial charge in [0, 0.05) is 11.9 Å². The summed E-state index contributed by atoms with van der Waals surface area (Å²) in [6, 6.07) is 4.45. The molecule has 0 saturated carbocycles. The van der Waals surface area contributed by atoms with Crippen LogP contribution in [0.25, 0.3) is 17.3 Å². The molecule has 1 aromatic carbocycles. The van der Waals surface area contributed by atoms with Crippen LogP contribution in [-0.2, 0) is 6.42 Å². The summed E-state index contributed by atoms with van der Waals surface area (Å²) in [6.07, 6.45) is 6.99. The number of rotatable bonds is 7. The third kappa shape index (κ3) is 3.52. The lowest BCUT2D eigenvalue weighted by Gasteiger charge is -2.17. The highest BCUT2D eigenvalue weighted by Gasteiger charge is 2.19. The van der Waals surface area contributed by atoms with E-state index in [9.17, 15) is 0 Å². The Morgan fingerprint density at radius 2 is 1.77 bits per heavy atom. The zero-order valence-electron chi connectivity index (χ0n) is 16.4. The molecule has 0 bridgehead atoms. The number of aromatic nitrogens is 4. The standard InChI is InChI=1S/C21H28N4O/c1-6-8-9-17-12-23-21(20-22-13-18(24-20)26-7-2)25(17)19-15(4)10-14(3)11-16(19)5/h10-13H,6-9H2,1-5H3,(H,22,24). The Hall–Kier alpha value is -2.56. The minimum Gasteiger partial charge on any atom is -0.478 e. The van der Waals surface area contributed by atoms with Gasteiger partial charge < -0.3 is 9.72 Å². The van der Waals surface area contributed by atoms with E-state index in [1.54, 1.807) is 6.20 Å². The van der Waals surface area contributed by atoms with Gasteiger partial charge in [-0.2, -0.15) is 0 Å². The van der Waals surface area contributed by atoms with Crippen LogP contribution in [-0.4, -0.2) is 26.1 Å². The van der Waals surface area contributed by atoms with E-state index in [0.29, 0.717) is 12.5 Å². The molecule has 0 aliphatic heterocycles. The van der Waals surface area contributed by atoms with Gasteiger partial charge >= 0.3 is 0 Å². The SMILES string of the molecule is CCCCc1cnc(-c2ncc(OCC)[nH]2)n1-c1c(C)cc(C)cc1C. The van der Waals surface area contributed by atoms with Gasteiger partial charge in [0.25, 0.3) is 0 Å². The minimum absolute atomic E-state index is 0.605. The number of H-pyrrole nitrogens is 1. The molecule has 0 atom stereocenters. The Morgan fingerprint density at radius 1 is 1.04 bits per heavy atom. The maximum absolute atomic E-state index is 5.53. The molecule has 5 heteroatoms. The first-order valence-electron chi connectivity index (χ1n) is 9.38. The largest absolute Gasteiger partial charge is 0.478 e. The fourth-order valence-corrected chi connectivity index (χ4v) is 3.51. The molecule has 0 fully saturated rings. The molecule has 0 spiro atoms. The van der Waals surface area contributed by atoms with Crippen molar-refractivity contribution in [2.75, 3.05) is 6.61 Å². The number of benzene rings is 1. The Kier molecular flexibility index (Phi) is 5.45. The van der Waals surface area contributed by atoms with E-state index in [0.717, 1.165) is 30.9 Å². The van der Waals surface area contributed by atoms with E-state index < -0.39 is 0 Å². The number of hydrogen-bond acceptors (Lipinski definition) is 3. The van der Waals surface area contributed by atoms with Crippen molar-refractivity contribution in [1.29, 1.82) is 0 Å². The molecule has 0 radical (unpaired) electrons. The lowest BCUT2D eigenvalue weighted by molar-refractivity contribution is 0.328. The Bertz CT molecular complexity index is 868. The fourth-order valence-electron chi connectivity index (χ4n) is 3.51. The van der Waals surface area contributed by atoms with Gasteiger partial charge in [0.05, 0.1) is 18.5 Å². The van der Waals surface area contributed by atoms with Crippen LogP contribution in [0.4, 0.5) is 0 Å². The number of hydrogen-bond donors (Lipinski definition) is 1. The van der Waals surface area contributed by atoms with Crippen LogP contribution in [0.5, 0.6) is 5.88 Å². The van der Waals surface area contributed by atoms with Crippen molar-refractivity contribution in [3.63, 3.8) is 0 Å². The maximum Gasteiger partial charge on any atom is 0.211 e. The highest BCUT2D eigenvalue weighted by atomic mass is 16.5. The number of nitrogens with zero attached hydrogens (tertiary/aromatic N) is 3. The van der Waals surface area contributed by atoms with E-state index >= 15 is 0 Å². The summed E-state index contributed by atoms with van der Waals surface area (Å²) < 4.78 is 7.79. The molecule has 0 aliphatic rings. The zero-order chi connectivity index (χ0) is 18.7. The van der Waals surface area contributed by atoms with Crippen LogP contribution in [0, 0.1) is 20.8 Å². The topological polar surface area (TPSA) is 55.7 Å². The third-order valence-corrected chi connectivity index (χ3v) is 4.54. The van der Waals surface area contributed by atoms with Gasteiger partial charge in [-0.05, 0) is 51.7 Å². The predicted octanol–water partition coefficient (Wildman–Crippen LogP) is 4.93. The fraction of sp³-hybridized carbons (Fsp3) is 0.429. The van der Waals surface area contributed by atoms with Gasteiger partial charge in [-0.25, -0.2) is 9.97 Å². The molecule has 0 amide bonds. The zero-order valence-corrected chi connectivity index (χ0v) is 16.4. The van der Waals surface area contributed by atoms with Crippen molar-refractivity contribution in [1.82, 2.24) is 19.5 Å². The van der Waals surface area contributed by atoms with Gasteiger partial charge in [0.2, 0.25) is 5.88 Å². The van der Waals surface area contributed by atoms with E-state index in [1.807, 2.05) is 13.1 Å². The molecule has 0 saturated heterocycles. The molecule has 2 aromatic heterocycles. The highest BCUT2D eigenvalue weighted by Crippen LogP contribution is 2.29. The number of aryl methyl sites for hydroxylation is 4. The smallest absolute Gasteiger partial charge is 0.211 e. The van der Waals surface area contributed by atoms with Crippen LogP contribution in [0.15, 0.2) is 24.5 Å². The van der Waals surface area contributed by atoms with Gasteiger partial charge in [-0.3, -0.25) is 4.57 Å². The molecule has 3 aromatic rings. The summed E-state index contributed by atoms with van der Waals surface area (Å²) in [6.45, 7) is 11.2. The molecule has 1 N–H and O–H groups in total. The molecule has 0 aliphatic carbocycles. The van der Waals surface area contributed by atoms with E-state index in [-0.39, 0.29) is 0 Å². The van der Waals surface area contributed by atoms with Crippen molar-refractivity contribution in [3.8, 4) is 23.2 Å². The van der Waals surface area contributed by atoms with Gasteiger partial charge in [-0.1, -0.05) is 31.0 Å². The molecule has 26 heavy (non-hydrogen) atoms. The lowest BCUT2D eigenvalue weighted by atomic mass is 10.0.